The van der Waals surface area contributed by atoms with Gasteiger partial charge in [0.25, 0.3) is 0 Å². The maximum absolute atomic E-state index is 9.39. The molecule has 0 bridgehead atoms. The van der Waals surface area contributed by atoms with Crippen LogP contribution in [0.1, 0.15) is 30.7 Å². The maximum Gasteiger partial charge on any atom is 0.220 e. The van der Waals surface area contributed by atoms with Gasteiger partial charge in [-0.1, -0.05) is 19.1 Å². The first kappa shape index (κ1) is 13.5. The normalized spacial score (nSPS) is 10.8. The average Bonchev–Trinajstić information content (AvgIpc) is 2.82. The van der Waals surface area contributed by atoms with Crippen LogP contribution in [0.15, 0.2) is 28.7 Å². The van der Waals surface area contributed by atoms with Gasteiger partial charge in [0, 0.05) is 6.42 Å². The van der Waals surface area contributed by atoms with Crippen LogP contribution in [0.2, 0.25) is 0 Å². The van der Waals surface area contributed by atoms with Crippen molar-refractivity contribution in [3.8, 4) is 5.75 Å². The Kier molecular flexibility index (Phi) is 4.92. The lowest BCUT2D eigenvalue weighted by atomic mass is 10.1. The van der Waals surface area contributed by atoms with Gasteiger partial charge in [-0.2, -0.15) is 0 Å². The lowest BCUT2D eigenvalue weighted by molar-refractivity contribution is 0.449. The predicted octanol–water partition coefficient (Wildman–Crippen LogP) is 1.91. The van der Waals surface area contributed by atoms with Gasteiger partial charge in [-0.05, 0) is 37.2 Å². The average molecular weight is 261 g/mol. The molecule has 0 aliphatic heterocycles. The molecule has 0 aliphatic rings. The van der Waals surface area contributed by atoms with Crippen LogP contribution in [0.5, 0.6) is 5.75 Å². The molecule has 1 aromatic carbocycles. The van der Waals surface area contributed by atoms with Crippen LogP contribution in [-0.4, -0.2) is 28.4 Å². The molecule has 0 spiro atoms. The first-order valence-electron chi connectivity index (χ1n) is 6.58. The molecule has 0 fully saturated rings. The van der Waals surface area contributed by atoms with Crippen molar-refractivity contribution in [1.29, 1.82) is 0 Å². The maximum atomic E-state index is 9.39. The van der Waals surface area contributed by atoms with Crippen LogP contribution in [-0.2, 0) is 12.8 Å². The largest absolute Gasteiger partial charge is 0.508 e. The number of phenols is 1. The van der Waals surface area contributed by atoms with Gasteiger partial charge >= 0.3 is 0 Å². The second-order valence-corrected chi connectivity index (χ2v) is 4.39. The monoisotopic (exact) mass is 261 g/mol. The summed E-state index contributed by atoms with van der Waals surface area (Å²) in [6.07, 6.45) is 2.33. The molecule has 2 aromatic rings. The Morgan fingerprint density at radius 3 is 2.89 bits per heavy atom. The molecule has 19 heavy (non-hydrogen) atoms. The van der Waals surface area contributed by atoms with Gasteiger partial charge in [-0.3, -0.25) is 0 Å². The van der Waals surface area contributed by atoms with Gasteiger partial charge in [0.2, 0.25) is 11.8 Å². The van der Waals surface area contributed by atoms with Crippen molar-refractivity contribution in [2.24, 2.45) is 0 Å². The zero-order chi connectivity index (χ0) is 13.5. The van der Waals surface area contributed by atoms with Crippen molar-refractivity contribution in [2.45, 2.75) is 26.2 Å². The summed E-state index contributed by atoms with van der Waals surface area (Å²) in [6, 6.07) is 7.08. The smallest absolute Gasteiger partial charge is 0.220 e. The number of hydrogen-bond acceptors (Lipinski definition) is 5. The molecule has 0 unspecified atom stereocenters. The standard InChI is InChI=1S/C14H19N3O2/c1-2-15-8-4-7-13-16-17-14(19-13)10-11-5-3-6-12(18)9-11/h3,5-6,9,15,18H,2,4,7-8,10H2,1H3. The van der Waals surface area contributed by atoms with E-state index in [9.17, 15) is 5.11 Å². The summed E-state index contributed by atoms with van der Waals surface area (Å²) in [7, 11) is 0. The Bertz CT molecular complexity index is 511. The summed E-state index contributed by atoms with van der Waals surface area (Å²) >= 11 is 0. The molecule has 0 radical (unpaired) electrons. The second kappa shape index (κ2) is 6.89. The number of aryl methyl sites for hydroxylation is 1. The molecular formula is C14H19N3O2. The number of aromatic hydroxyl groups is 1. The molecule has 2 rings (SSSR count). The fraction of sp³-hybridized carbons (Fsp3) is 0.429. The van der Waals surface area contributed by atoms with E-state index in [1.54, 1.807) is 18.2 Å². The third-order valence-corrected chi connectivity index (χ3v) is 2.77. The molecule has 1 heterocycles. The number of aromatic nitrogens is 2. The van der Waals surface area contributed by atoms with Crippen LogP contribution in [0.4, 0.5) is 0 Å². The van der Waals surface area contributed by atoms with Gasteiger partial charge in [-0.25, -0.2) is 0 Å². The SMILES string of the molecule is CCNCCCc1nnc(Cc2cccc(O)c2)o1. The van der Waals surface area contributed by atoms with Crippen molar-refractivity contribution in [1.82, 2.24) is 15.5 Å². The summed E-state index contributed by atoms with van der Waals surface area (Å²) in [5.74, 6) is 1.51. The third kappa shape index (κ3) is 4.37. The van der Waals surface area contributed by atoms with Crippen molar-refractivity contribution >= 4 is 0 Å². The summed E-state index contributed by atoms with van der Waals surface area (Å²) in [5.41, 5.74) is 0.961. The predicted molar refractivity (Wildman–Crippen MR) is 72.1 cm³/mol. The van der Waals surface area contributed by atoms with Crippen molar-refractivity contribution in [2.75, 3.05) is 13.1 Å². The number of rotatable bonds is 7. The van der Waals surface area contributed by atoms with Gasteiger partial charge in [-0.15, -0.1) is 10.2 Å². The first-order chi connectivity index (χ1) is 9.28. The van der Waals surface area contributed by atoms with Crippen molar-refractivity contribution < 1.29 is 9.52 Å². The van der Waals surface area contributed by atoms with Crippen molar-refractivity contribution in [3.63, 3.8) is 0 Å². The van der Waals surface area contributed by atoms with E-state index in [0.29, 0.717) is 18.2 Å². The molecular weight excluding hydrogens is 242 g/mol. The van der Waals surface area contributed by atoms with Crippen LogP contribution >= 0.6 is 0 Å². The fourth-order valence-electron chi connectivity index (χ4n) is 1.84. The minimum atomic E-state index is 0.253. The fourth-order valence-corrected chi connectivity index (χ4v) is 1.84. The zero-order valence-electron chi connectivity index (χ0n) is 11.1. The van der Waals surface area contributed by atoms with Gasteiger partial charge < -0.3 is 14.8 Å². The van der Waals surface area contributed by atoms with E-state index in [1.807, 2.05) is 6.07 Å². The summed E-state index contributed by atoms with van der Waals surface area (Å²) in [6.45, 7) is 4.02. The van der Waals surface area contributed by atoms with E-state index in [2.05, 4.69) is 22.4 Å². The third-order valence-electron chi connectivity index (χ3n) is 2.77. The van der Waals surface area contributed by atoms with E-state index in [0.717, 1.165) is 31.5 Å². The number of nitrogens with one attached hydrogen (secondary N) is 1. The topological polar surface area (TPSA) is 71.2 Å². The number of benzene rings is 1. The summed E-state index contributed by atoms with van der Waals surface area (Å²) in [5, 5.41) is 20.7. The lowest BCUT2D eigenvalue weighted by Gasteiger charge is -1.98. The van der Waals surface area contributed by atoms with Gasteiger partial charge in [0.05, 0.1) is 6.42 Å². The number of hydrogen-bond donors (Lipinski definition) is 2. The van der Waals surface area contributed by atoms with Gasteiger partial charge in [0.15, 0.2) is 0 Å². The van der Waals surface area contributed by atoms with Crippen LogP contribution in [0, 0.1) is 0 Å². The second-order valence-electron chi connectivity index (χ2n) is 4.39. The van der Waals surface area contributed by atoms with E-state index in [-0.39, 0.29) is 5.75 Å². The quantitative estimate of drug-likeness (QED) is 0.745. The zero-order valence-corrected chi connectivity index (χ0v) is 11.1. The molecule has 0 saturated heterocycles. The van der Waals surface area contributed by atoms with E-state index in [4.69, 9.17) is 4.42 Å². The lowest BCUT2D eigenvalue weighted by Crippen LogP contribution is -2.14. The Morgan fingerprint density at radius 1 is 1.26 bits per heavy atom. The first-order valence-corrected chi connectivity index (χ1v) is 6.58. The minimum absolute atomic E-state index is 0.253. The Balaban J connectivity index is 1.87. The molecule has 5 heteroatoms. The highest BCUT2D eigenvalue weighted by molar-refractivity contribution is 5.28. The number of nitrogens with zero attached hydrogens (tertiary/aromatic N) is 2. The highest BCUT2D eigenvalue weighted by Crippen LogP contribution is 2.14. The van der Waals surface area contributed by atoms with Crippen LogP contribution < -0.4 is 5.32 Å². The molecule has 0 saturated carbocycles. The molecule has 102 valence electrons. The minimum Gasteiger partial charge on any atom is -0.508 e. The van der Waals surface area contributed by atoms with Crippen LogP contribution in [0.3, 0.4) is 0 Å². The van der Waals surface area contributed by atoms with E-state index in [1.165, 1.54) is 0 Å². The molecule has 2 N–H and O–H groups in total. The molecule has 0 atom stereocenters. The summed E-state index contributed by atoms with van der Waals surface area (Å²) < 4.78 is 5.58. The summed E-state index contributed by atoms with van der Waals surface area (Å²) in [4.78, 5) is 0. The van der Waals surface area contributed by atoms with E-state index >= 15 is 0 Å². The molecule has 0 amide bonds. The Labute approximate surface area is 112 Å². The van der Waals surface area contributed by atoms with E-state index < -0.39 is 0 Å². The Morgan fingerprint density at radius 2 is 2.11 bits per heavy atom. The highest BCUT2D eigenvalue weighted by Gasteiger charge is 2.07. The van der Waals surface area contributed by atoms with Gasteiger partial charge in [0.1, 0.15) is 5.75 Å². The molecule has 0 aliphatic carbocycles. The Hall–Kier alpha value is -1.88. The van der Waals surface area contributed by atoms with Crippen molar-refractivity contribution in [3.05, 3.63) is 41.6 Å². The molecule has 5 nitrogen and oxygen atoms in total. The van der Waals surface area contributed by atoms with Crippen LogP contribution in [0.25, 0.3) is 0 Å². The molecule has 1 aromatic heterocycles. The number of phenolic OH excluding ortho intramolecular Hbond substituents is 1. The highest BCUT2D eigenvalue weighted by atomic mass is 16.4.